The second kappa shape index (κ2) is 5.60. The summed E-state index contributed by atoms with van der Waals surface area (Å²) in [6, 6.07) is 7.19. The lowest BCUT2D eigenvalue weighted by Gasteiger charge is -2.32. The molecule has 1 aliphatic rings. The molecule has 2 rings (SSSR count). The zero-order chi connectivity index (χ0) is 13.0. The van der Waals surface area contributed by atoms with Crippen molar-refractivity contribution in [2.75, 3.05) is 11.9 Å². The van der Waals surface area contributed by atoms with Crippen LogP contribution in [0.5, 0.6) is 0 Å². The van der Waals surface area contributed by atoms with Gasteiger partial charge in [0, 0.05) is 6.54 Å². The summed E-state index contributed by atoms with van der Waals surface area (Å²) in [4.78, 5) is 0. The Morgan fingerprint density at radius 1 is 1.33 bits per heavy atom. The number of nitriles is 1. The summed E-state index contributed by atoms with van der Waals surface area (Å²) in [7, 11) is 0. The summed E-state index contributed by atoms with van der Waals surface area (Å²) in [5.74, 6) is 0. The van der Waals surface area contributed by atoms with E-state index in [0.717, 1.165) is 31.4 Å². The third-order valence-corrected chi connectivity index (χ3v) is 3.80. The maximum atomic E-state index is 10.4. The van der Waals surface area contributed by atoms with Gasteiger partial charge in [0.15, 0.2) is 0 Å². The van der Waals surface area contributed by atoms with Gasteiger partial charge in [-0.15, -0.1) is 0 Å². The van der Waals surface area contributed by atoms with Crippen LogP contribution in [0.15, 0.2) is 18.2 Å². The van der Waals surface area contributed by atoms with Gasteiger partial charge in [-0.2, -0.15) is 5.26 Å². The average molecular weight is 265 g/mol. The first-order chi connectivity index (χ1) is 8.63. The van der Waals surface area contributed by atoms with E-state index in [1.165, 1.54) is 6.42 Å². The van der Waals surface area contributed by atoms with Crippen molar-refractivity contribution in [3.8, 4) is 6.07 Å². The lowest BCUT2D eigenvalue weighted by atomic mass is 9.85. The standard InChI is InChI=1S/C14H17ClN2O/c15-12-8-11(9-16)4-5-13(12)17-10-14(18)6-2-1-3-7-14/h4-5,8,17-18H,1-3,6-7,10H2. The van der Waals surface area contributed by atoms with Gasteiger partial charge in [0.2, 0.25) is 0 Å². The first-order valence-corrected chi connectivity index (χ1v) is 6.67. The third-order valence-electron chi connectivity index (χ3n) is 3.49. The molecule has 4 heteroatoms. The molecule has 1 fully saturated rings. The van der Waals surface area contributed by atoms with Crippen molar-refractivity contribution in [3.63, 3.8) is 0 Å². The summed E-state index contributed by atoms with van der Waals surface area (Å²) in [5.41, 5.74) is 0.701. The number of hydrogen-bond donors (Lipinski definition) is 2. The largest absolute Gasteiger partial charge is 0.388 e. The molecular weight excluding hydrogens is 248 g/mol. The van der Waals surface area contributed by atoms with Crippen molar-refractivity contribution in [2.24, 2.45) is 0 Å². The van der Waals surface area contributed by atoms with Crippen LogP contribution in [0, 0.1) is 11.3 Å². The quantitative estimate of drug-likeness (QED) is 0.881. The molecule has 18 heavy (non-hydrogen) atoms. The molecule has 3 nitrogen and oxygen atoms in total. The molecule has 0 heterocycles. The number of halogens is 1. The molecule has 1 aromatic rings. The van der Waals surface area contributed by atoms with Crippen molar-refractivity contribution in [1.82, 2.24) is 0 Å². The van der Waals surface area contributed by atoms with Crippen molar-refractivity contribution in [2.45, 2.75) is 37.7 Å². The molecule has 96 valence electrons. The predicted octanol–water partition coefficient (Wildman–Crippen LogP) is 3.32. The van der Waals surface area contributed by atoms with Crippen LogP contribution in [0.2, 0.25) is 5.02 Å². The summed E-state index contributed by atoms with van der Waals surface area (Å²) < 4.78 is 0. The van der Waals surface area contributed by atoms with Crippen molar-refractivity contribution >= 4 is 17.3 Å². The minimum Gasteiger partial charge on any atom is -0.388 e. The molecule has 0 atom stereocenters. The van der Waals surface area contributed by atoms with Crippen LogP contribution in [0.4, 0.5) is 5.69 Å². The molecule has 0 saturated heterocycles. The van der Waals surface area contributed by atoms with E-state index < -0.39 is 5.60 Å². The molecule has 1 saturated carbocycles. The van der Waals surface area contributed by atoms with Crippen molar-refractivity contribution in [1.29, 1.82) is 5.26 Å². The SMILES string of the molecule is N#Cc1ccc(NCC2(O)CCCCC2)c(Cl)c1. The van der Waals surface area contributed by atoms with Crippen LogP contribution < -0.4 is 5.32 Å². The molecule has 1 aliphatic carbocycles. The average Bonchev–Trinajstić information content (AvgIpc) is 2.38. The number of anilines is 1. The zero-order valence-electron chi connectivity index (χ0n) is 10.2. The van der Waals surface area contributed by atoms with E-state index in [-0.39, 0.29) is 0 Å². The number of nitrogens with one attached hydrogen (secondary N) is 1. The summed E-state index contributed by atoms with van der Waals surface area (Å²) in [6.45, 7) is 0.513. The Morgan fingerprint density at radius 3 is 2.67 bits per heavy atom. The lowest BCUT2D eigenvalue weighted by Crippen LogP contribution is -2.38. The molecule has 0 bridgehead atoms. The molecule has 0 amide bonds. The molecule has 0 spiro atoms. The monoisotopic (exact) mass is 264 g/mol. The smallest absolute Gasteiger partial charge is 0.0992 e. The maximum Gasteiger partial charge on any atom is 0.0992 e. The number of benzene rings is 1. The highest BCUT2D eigenvalue weighted by atomic mass is 35.5. The van der Waals surface area contributed by atoms with Gasteiger partial charge in [-0.25, -0.2) is 0 Å². The molecular formula is C14H17ClN2O. The van der Waals surface area contributed by atoms with E-state index in [1.807, 2.05) is 6.07 Å². The Hall–Kier alpha value is -1.24. The van der Waals surface area contributed by atoms with E-state index in [4.69, 9.17) is 16.9 Å². The lowest BCUT2D eigenvalue weighted by molar-refractivity contribution is 0.0167. The summed E-state index contributed by atoms with van der Waals surface area (Å²) in [6.07, 6.45) is 5.06. The van der Waals surface area contributed by atoms with Gasteiger partial charge in [0.05, 0.1) is 27.9 Å². The Kier molecular flexibility index (Phi) is 4.11. The van der Waals surface area contributed by atoms with Crippen LogP contribution in [-0.2, 0) is 0 Å². The van der Waals surface area contributed by atoms with E-state index in [9.17, 15) is 5.11 Å². The van der Waals surface area contributed by atoms with Crippen LogP contribution >= 0.6 is 11.6 Å². The molecule has 0 aliphatic heterocycles. The number of nitrogens with zero attached hydrogens (tertiary/aromatic N) is 1. The summed E-state index contributed by atoms with van der Waals surface area (Å²) >= 11 is 6.08. The molecule has 0 aromatic heterocycles. The molecule has 0 radical (unpaired) electrons. The van der Waals surface area contributed by atoms with E-state index >= 15 is 0 Å². The van der Waals surface area contributed by atoms with Gasteiger partial charge in [-0.3, -0.25) is 0 Å². The highest BCUT2D eigenvalue weighted by Gasteiger charge is 2.28. The fraction of sp³-hybridized carbons (Fsp3) is 0.500. The number of aliphatic hydroxyl groups is 1. The van der Waals surface area contributed by atoms with E-state index in [2.05, 4.69) is 5.32 Å². The van der Waals surface area contributed by atoms with Gasteiger partial charge in [-0.1, -0.05) is 30.9 Å². The highest BCUT2D eigenvalue weighted by Crippen LogP contribution is 2.29. The second-order valence-corrected chi connectivity index (χ2v) is 5.35. The maximum absolute atomic E-state index is 10.4. The van der Waals surface area contributed by atoms with Gasteiger partial charge in [0.1, 0.15) is 0 Å². The predicted molar refractivity (Wildman–Crippen MR) is 72.7 cm³/mol. The van der Waals surface area contributed by atoms with E-state index in [0.29, 0.717) is 17.1 Å². The molecule has 2 N–H and O–H groups in total. The molecule has 0 unspecified atom stereocenters. The van der Waals surface area contributed by atoms with Gasteiger partial charge < -0.3 is 10.4 Å². The first kappa shape index (κ1) is 13.2. The Morgan fingerprint density at radius 2 is 2.06 bits per heavy atom. The Labute approximate surface area is 112 Å². The van der Waals surface area contributed by atoms with E-state index in [1.54, 1.807) is 18.2 Å². The second-order valence-electron chi connectivity index (χ2n) is 4.94. The Balaban J connectivity index is 2.00. The number of hydrogen-bond acceptors (Lipinski definition) is 3. The van der Waals surface area contributed by atoms with Gasteiger partial charge >= 0.3 is 0 Å². The highest BCUT2D eigenvalue weighted by molar-refractivity contribution is 6.33. The topological polar surface area (TPSA) is 56.0 Å². The fourth-order valence-electron chi connectivity index (χ4n) is 2.37. The Bertz CT molecular complexity index is 461. The van der Waals surface area contributed by atoms with Crippen LogP contribution in [0.25, 0.3) is 0 Å². The zero-order valence-corrected chi connectivity index (χ0v) is 11.0. The van der Waals surface area contributed by atoms with Crippen LogP contribution in [0.1, 0.15) is 37.7 Å². The normalized spacial score (nSPS) is 18.1. The van der Waals surface area contributed by atoms with Gasteiger partial charge in [-0.05, 0) is 31.0 Å². The minimum absolute atomic E-state index is 0.513. The molecule has 1 aromatic carbocycles. The van der Waals surface area contributed by atoms with Crippen molar-refractivity contribution < 1.29 is 5.11 Å². The first-order valence-electron chi connectivity index (χ1n) is 6.29. The van der Waals surface area contributed by atoms with Crippen LogP contribution in [0.3, 0.4) is 0 Å². The summed E-state index contributed by atoms with van der Waals surface area (Å²) in [5, 5.41) is 22.8. The van der Waals surface area contributed by atoms with Gasteiger partial charge in [0.25, 0.3) is 0 Å². The minimum atomic E-state index is -0.616. The van der Waals surface area contributed by atoms with Crippen molar-refractivity contribution in [3.05, 3.63) is 28.8 Å². The fourth-order valence-corrected chi connectivity index (χ4v) is 2.62. The van der Waals surface area contributed by atoms with Crippen LogP contribution in [-0.4, -0.2) is 17.3 Å². The third kappa shape index (κ3) is 3.16. The number of rotatable bonds is 3.